The van der Waals surface area contributed by atoms with E-state index in [2.05, 4.69) is 10.1 Å². The van der Waals surface area contributed by atoms with E-state index < -0.39 is 0 Å². The molecule has 4 rings (SSSR count). The number of hydrazone groups is 1. The van der Waals surface area contributed by atoms with Crippen LogP contribution in [0.5, 0.6) is 0 Å². The zero-order valence-corrected chi connectivity index (χ0v) is 14.1. The van der Waals surface area contributed by atoms with Crippen molar-refractivity contribution in [3.63, 3.8) is 0 Å². The molecule has 0 N–H and O–H groups in total. The van der Waals surface area contributed by atoms with Gasteiger partial charge in [-0.1, -0.05) is 11.8 Å². The summed E-state index contributed by atoms with van der Waals surface area (Å²) in [5.41, 5.74) is 0.744. The van der Waals surface area contributed by atoms with Crippen LogP contribution in [0.3, 0.4) is 0 Å². The van der Waals surface area contributed by atoms with E-state index in [9.17, 15) is 4.79 Å². The van der Waals surface area contributed by atoms with E-state index in [0.29, 0.717) is 17.9 Å². The zero-order chi connectivity index (χ0) is 16.4. The minimum absolute atomic E-state index is 0.0850. The SMILES string of the molecule is O=C(CSc1nccs1)N1N=C(c2ccco2)C[C@H]1c1ccco1. The Balaban J connectivity index is 1.55. The minimum atomic E-state index is -0.246. The molecule has 3 aromatic heterocycles. The summed E-state index contributed by atoms with van der Waals surface area (Å²) in [6, 6.07) is 7.08. The van der Waals surface area contributed by atoms with Crippen molar-refractivity contribution in [3.8, 4) is 0 Å². The van der Waals surface area contributed by atoms with Crippen LogP contribution in [-0.2, 0) is 4.79 Å². The first-order chi connectivity index (χ1) is 11.8. The molecule has 8 heteroatoms. The van der Waals surface area contributed by atoms with Crippen LogP contribution in [0.1, 0.15) is 24.0 Å². The number of thioether (sulfide) groups is 1. The van der Waals surface area contributed by atoms with Crippen molar-refractivity contribution in [2.75, 3.05) is 5.75 Å². The lowest BCUT2D eigenvalue weighted by Crippen LogP contribution is -2.28. The number of hydrogen-bond donors (Lipinski definition) is 0. The number of amides is 1. The Hall–Kier alpha value is -2.32. The van der Waals surface area contributed by atoms with Crippen LogP contribution in [0, 0.1) is 0 Å². The molecule has 0 bridgehead atoms. The molecular formula is C16H13N3O3S2. The largest absolute Gasteiger partial charge is 0.467 e. The van der Waals surface area contributed by atoms with Gasteiger partial charge in [0.05, 0.1) is 18.3 Å². The van der Waals surface area contributed by atoms with E-state index in [1.54, 1.807) is 18.7 Å². The number of hydrogen-bond acceptors (Lipinski definition) is 7. The second-order valence-electron chi connectivity index (χ2n) is 5.08. The van der Waals surface area contributed by atoms with Crippen molar-refractivity contribution >= 4 is 34.7 Å². The molecule has 0 saturated heterocycles. The molecule has 1 atom stereocenters. The van der Waals surface area contributed by atoms with Gasteiger partial charge >= 0.3 is 0 Å². The standard InChI is InChI=1S/C16H13N3O3S2/c20-15(10-24-16-17-5-8-23-16)19-12(14-4-2-7-22-14)9-11(18-19)13-3-1-6-21-13/h1-8,12H,9-10H2/t12-/m0/s1. The van der Waals surface area contributed by atoms with Gasteiger partial charge in [-0.05, 0) is 24.3 Å². The number of furan rings is 2. The van der Waals surface area contributed by atoms with Crippen LogP contribution in [0.25, 0.3) is 0 Å². The third-order valence-electron chi connectivity index (χ3n) is 3.57. The molecule has 122 valence electrons. The molecule has 6 nitrogen and oxygen atoms in total. The monoisotopic (exact) mass is 359 g/mol. The van der Waals surface area contributed by atoms with Gasteiger partial charge in [0.2, 0.25) is 0 Å². The van der Waals surface area contributed by atoms with Gasteiger partial charge < -0.3 is 8.83 Å². The van der Waals surface area contributed by atoms with Gasteiger partial charge in [-0.2, -0.15) is 5.10 Å². The lowest BCUT2D eigenvalue weighted by atomic mass is 10.1. The Bertz CT molecular complexity index is 826. The summed E-state index contributed by atoms with van der Waals surface area (Å²) >= 11 is 2.93. The van der Waals surface area contributed by atoms with Crippen LogP contribution < -0.4 is 0 Å². The quantitative estimate of drug-likeness (QED) is 0.648. The number of aromatic nitrogens is 1. The number of nitrogens with zero attached hydrogens (tertiary/aromatic N) is 3. The molecule has 0 radical (unpaired) electrons. The fraction of sp³-hybridized carbons (Fsp3) is 0.188. The van der Waals surface area contributed by atoms with Crippen LogP contribution >= 0.6 is 23.1 Å². The van der Waals surface area contributed by atoms with E-state index >= 15 is 0 Å². The summed E-state index contributed by atoms with van der Waals surface area (Å²) < 4.78 is 11.8. The van der Waals surface area contributed by atoms with Gasteiger partial charge in [0.25, 0.3) is 5.91 Å². The van der Waals surface area contributed by atoms with Crippen LogP contribution in [-0.4, -0.2) is 27.4 Å². The molecule has 0 aliphatic carbocycles. The maximum Gasteiger partial charge on any atom is 0.253 e. The molecule has 0 fully saturated rings. The molecule has 4 heterocycles. The third-order valence-corrected chi connectivity index (χ3v) is 5.52. The summed E-state index contributed by atoms with van der Waals surface area (Å²) in [4.78, 5) is 16.8. The Morgan fingerprint density at radius 2 is 2.21 bits per heavy atom. The fourth-order valence-corrected chi connectivity index (χ4v) is 4.00. The third kappa shape index (κ3) is 3.02. The van der Waals surface area contributed by atoms with Crippen molar-refractivity contribution in [3.05, 3.63) is 59.9 Å². The van der Waals surface area contributed by atoms with E-state index in [4.69, 9.17) is 8.83 Å². The predicted octanol–water partition coefficient (Wildman–Crippen LogP) is 3.80. The summed E-state index contributed by atoms with van der Waals surface area (Å²) in [5.74, 6) is 1.58. The lowest BCUT2D eigenvalue weighted by Gasteiger charge is -2.19. The van der Waals surface area contributed by atoms with Crippen molar-refractivity contribution in [2.45, 2.75) is 16.8 Å². The molecule has 1 aliphatic rings. The highest BCUT2D eigenvalue weighted by Gasteiger charge is 2.35. The number of carbonyl (C=O) groups is 1. The normalized spacial score (nSPS) is 17.2. The van der Waals surface area contributed by atoms with E-state index in [1.165, 1.54) is 28.1 Å². The Kier molecular flexibility index (Phi) is 4.22. The first kappa shape index (κ1) is 15.2. The number of thiazole rings is 1. The van der Waals surface area contributed by atoms with Crippen LogP contribution in [0.2, 0.25) is 0 Å². The number of rotatable bonds is 5. The highest BCUT2D eigenvalue weighted by Crippen LogP contribution is 2.34. The Morgan fingerprint density at radius 1 is 1.33 bits per heavy atom. The predicted molar refractivity (Wildman–Crippen MR) is 91.0 cm³/mol. The number of carbonyl (C=O) groups excluding carboxylic acids is 1. The van der Waals surface area contributed by atoms with Gasteiger partial charge in [-0.15, -0.1) is 11.3 Å². The molecular weight excluding hydrogens is 346 g/mol. The molecule has 1 amide bonds. The van der Waals surface area contributed by atoms with Gasteiger partial charge in [-0.3, -0.25) is 4.79 Å². The first-order valence-electron chi connectivity index (χ1n) is 7.30. The summed E-state index contributed by atoms with van der Waals surface area (Å²) in [6.45, 7) is 0. The van der Waals surface area contributed by atoms with Gasteiger partial charge in [-0.25, -0.2) is 9.99 Å². The van der Waals surface area contributed by atoms with Crippen molar-refractivity contribution in [1.29, 1.82) is 0 Å². The molecule has 0 unspecified atom stereocenters. The van der Waals surface area contributed by atoms with E-state index in [-0.39, 0.29) is 17.7 Å². The average molecular weight is 359 g/mol. The second kappa shape index (κ2) is 6.66. The topological polar surface area (TPSA) is 71.8 Å². The fourth-order valence-electron chi connectivity index (χ4n) is 2.51. The first-order valence-corrected chi connectivity index (χ1v) is 9.17. The molecule has 0 aromatic carbocycles. The highest BCUT2D eigenvalue weighted by molar-refractivity contribution is 8.01. The van der Waals surface area contributed by atoms with Crippen molar-refractivity contribution in [2.24, 2.45) is 5.10 Å². The molecule has 1 aliphatic heterocycles. The van der Waals surface area contributed by atoms with Crippen molar-refractivity contribution in [1.82, 2.24) is 9.99 Å². The van der Waals surface area contributed by atoms with E-state index in [1.807, 2.05) is 29.6 Å². The van der Waals surface area contributed by atoms with Gasteiger partial charge in [0.15, 0.2) is 0 Å². The van der Waals surface area contributed by atoms with Crippen LogP contribution in [0.15, 0.2) is 66.6 Å². The summed E-state index contributed by atoms with van der Waals surface area (Å²) in [5, 5.41) is 7.87. The highest BCUT2D eigenvalue weighted by atomic mass is 32.2. The van der Waals surface area contributed by atoms with Gasteiger partial charge in [0, 0.05) is 18.0 Å². The zero-order valence-electron chi connectivity index (χ0n) is 12.5. The Labute approximate surface area is 146 Å². The lowest BCUT2D eigenvalue weighted by molar-refractivity contribution is -0.130. The van der Waals surface area contributed by atoms with Crippen molar-refractivity contribution < 1.29 is 13.6 Å². The summed E-state index contributed by atoms with van der Waals surface area (Å²) in [6.07, 6.45) is 5.50. The summed E-state index contributed by atoms with van der Waals surface area (Å²) in [7, 11) is 0. The maximum absolute atomic E-state index is 12.7. The average Bonchev–Trinajstić information content (AvgIpc) is 3.40. The van der Waals surface area contributed by atoms with Crippen LogP contribution in [0.4, 0.5) is 0 Å². The molecule has 24 heavy (non-hydrogen) atoms. The molecule has 0 spiro atoms. The molecule has 0 saturated carbocycles. The molecule has 3 aromatic rings. The second-order valence-corrected chi connectivity index (χ2v) is 7.20. The minimum Gasteiger partial charge on any atom is -0.467 e. The Morgan fingerprint density at radius 3 is 2.92 bits per heavy atom. The smallest absolute Gasteiger partial charge is 0.253 e. The maximum atomic E-state index is 12.7. The van der Waals surface area contributed by atoms with E-state index in [0.717, 1.165) is 10.1 Å². The van der Waals surface area contributed by atoms with Gasteiger partial charge in [0.1, 0.15) is 27.6 Å².